The summed E-state index contributed by atoms with van der Waals surface area (Å²) in [5, 5.41) is 6.99. The molecule has 2 aromatic rings. The average Bonchev–Trinajstić information content (AvgIpc) is 3.02. The summed E-state index contributed by atoms with van der Waals surface area (Å²) in [5.41, 5.74) is 7.38. The molecule has 0 radical (unpaired) electrons. The Morgan fingerprint density at radius 2 is 1.91 bits per heavy atom. The SMILES string of the molecule is NCCCCCCC(=O)Nc1ccc(Cn2cncn2)cc1. The number of carbonyl (C=O) groups excluding carboxylic acids is 1. The summed E-state index contributed by atoms with van der Waals surface area (Å²) < 4.78 is 1.76. The second kappa shape index (κ2) is 8.94. The summed E-state index contributed by atoms with van der Waals surface area (Å²) in [7, 11) is 0. The molecule has 0 atom stereocenters. The Hall–Kier alpha value is -2.21. The smallest absolute Gasteiger partial charge is 0.224 e. The lowest BCUT2D eigenvalue weighted by molar-refractivity contribution is -0.116. The Kier molecular flexibility index (Phi) is 6.57. The number of carbonyl (C=O) groups is 1. The van der Waals surface area contributed by atoms with Gasteiger partial charge in [0.1, 0.15) is 12.7 Å². The average molecular weight is 301 g/mol. The molecule has 2 rings (SSSR count). The van der Waals surface area contributed by atoms with E-state index >= 15 is 0 Å². The minimum Gasteiger partial charge on any atom is -0.330 e. The van der Waals surface area contributed by atoms with E-state index in [1.54, 1.807) is 11.0 Å². The Morgan fingerprint density at radius 1 is 1.14 bits per heavy atom. The number of amides is 1. The van der Waals surface area contributed by atoms with Crippen molar-refractivity contribution in [2.75, 3.05) is 11.9 Å². The van der Waals surface area contributed by atoms with Crippen LogP contribution < -0.4 is 11.1 Å². The van der Waals surface area contributed by atoms with Gasteiger partial charge in [-0.1, -0.05) is 25.0 Å². The van der Waals surface area contributed by atoms with Crippen molar-refractivity contribution in [2.45, 2.75) is 38.6 Å². The standard InChI is InChI=1S/C16H23N5O/c17-10-4-2-1-3-5-16(22)20-15-8-6-14(7-9-15)11-21-13-18-12-19-21/h6-9,12-13H,1-5,10-11,17H2,(H,20,22). The van der Waals surface area contributed by atoms with E-state index in [1.807, 2.05) is 24.3 Å². The molecule has 6 nitrogen and oxygen atoms in total. The van der Waals surface area contributed by atoms with Crippen molar-refractivity contribution < 1.29 is 4.79 Å². The van der Waals surface area contributed by atoms with E-state index < -0.39 is 0 Å². The molecule has 1 amide bonds. The van der Waals surface area contributed by atoms with E-state index in [9.17, 15) is 4.79 Å². The summed E-state index contributed by atoms with van der Waals surface area (Å²) in [6.45, 7) is 1.41. The van der Waals surface area contributed by atoms with Gasteiger partial charge in [0, 0.05) is 12.1 Å². The minimum absolute atomic E-state index is 0.0665. The number of unbranched alkanes of at least 4 members (excludes halogenated alkanes) is 3. The normalized spacial score (nSPS) is 10.6. The molecule has 6 heteroatoms. The highest BCUT2D eigenvalue weighted by molar-refractivity contribution is 5.90. The highest BCUT2D eigenvalue weighted by atomic mass is 16.1. The van der Waals surface area contributed by atoms with E-state index in [4.69, 9.17) is 5.73 Å². The van der Waals surface area contributed by atoms with Gasteiger partial charge in [-0.05, 0) is 37.1 Å². The Bertz CT molecular complexity index is 550. The van der Waals surface area contributed by atoms with Gasteiger partial charge in [0.05, 0.1) is 6.54 Å². The van der Waals surface area contributed by atoms with Crippen LogP contribution >= 0.6 is 0 Å². The van der Waals surface area contributed by atoms with Gasteiger partial charge in [-0.2, -0.15) is 5.10 Å². The van der Waals surface area contributed by atoms with Crippen LogP contribution in [-0.2, 0) is 11.3 Å². The van der Waals surface area contributed by atoms with Crippen molar-refractivity contribution in [3.8, 4) is 0 Å². The zero-order valence-corrected chi connectivity index (χ0v) is 12.7. The van der Waals surface area contributed by atoms with Crippen molar-refractivity contribution >= 4 is 11.6 Å². The first-order chi connectivity index (χ1) is 10.8. The Labute approximate surface area is 130 Å². The second-order valence-electron chi connectivity index (χ2n) is 5.29. The fraction of sp³-hybridized carbons (Fsp3) is 0.438. The van der Waals surface area contributed by atoms with Gasteiger partial charge < -0.3 is 11.1 Å². The summed E-state index contributed by atoms with van der Waals surface area (Å²) in [6, 6.07) is 7.80. The third kappa shape index (κ3) is 5.65. The first-order valence-corrected chi connectivity index (χ1v) is 7.69. The zero-order chi connectivity index (χ0) is 15.6. The molecule has 22 heavy (non-hydrogen) atoms. The van der Waals surface area contributed by atoms with Crippen LogP contribution in [0.5, 0.6) is 0 Å². The summed E-state index contributed by atoms with van der Waals surface area (Å²) in [5.74, 6) is 0.0665. The van der Waals surface area contributed by atoms with Crippen LogP contribution in [0.4, 0.5) is 5.69 Å². The maximum Gasteiger partial charge on any atom is 0.224 e. The first kappa shape index (κ1) is 16.2. The third-order valence-corrected chi connectivity index (χ3v) is 3.41. The molecule has 1 aromatic carbocycles. The summed E-state index contributed by atoms with van der Waals surface area (Å²) in [4.78, 5) is 15.7. The fourth-order valence-corrected chi connectivity index (χ4v) is 2.20. The molecule has 0 spiro atoms. The van der Waals surface area contributed by atoms with Crippen LogP contribution in [0.2, 0.25) is 0 Å². The third-order valence-electron chi connectivity index (χ3n) is 3.41. The quantitative estimate of drug-likeness (QED) is 0.695. The number of rotatable bonds is 9. The van der Waals surface area contributed by atoms with E-state index in [-0.39, 0.29) is 5.91 Å². The number of nitrogens with two attached hydrogens (primary N) is 1. The molecular formula is C16H23N5O. The van der Waals surface area contributed by atoms with Crippen LogP contribution in [-0.4, -0.2) is 27.2 Å². The van der Waals surface area contributed by atoms with Gasteiger partial charge in [0.25, 0.3) is 0 Å². The van der Waals surface area contributed by atoms with Gasteiger partial charge in [-0.3, -0.25) is 4.79 Å². The van der Waals surface area contributed by atoms with Gasteiger partial charge in [-0.25, -0.2) is 9.67 Å². The number of hydrogen-bond donors (Lipinski definition) is 2. The predicted octanol–water partition coefficient (Wildman–Crippen LogP) is 2.17. The van der Waals surface area contributed by atoms with Gasteiger partial charge >= 0.3 is 0 Å². The molecule has 3 N–H and O–H groups in total. The van der Waals surface area contributed by atoms with Crippen molar-refractivity contribution in [3.63, 3.8) is 0 Å². The van der Waals surface area contributed by atoms with Gasteiger partial charge in [-0.15, -0.1) is 0 Å². The second-order valence-corrected chi connectivity index (χ2v) is 5.29. The van der Waals surface area contributed by atoms with Crippen LogP contribution in [0.25, 0.3) is 0 Å². The lowest BCUT2D eigenvalue weighted by Gasteiger charge is -2.07. The van der Waals surface area contributed by atoms with Crippen LogP contribution in [0.1, 0.15) is 37.7 Å². The summed E-state index contributed by atoms with van der Waals surface area (Å²) >= 11 is 0. The van der Waals surface area contributed by atoms with Crippen molar-refractivity contribution in [1.29, 1.82) is 0 Å². The minimum atomic E-state index is 0.0665. The molecule has 118 valence electrons. The lowest BCUT2D eigenvalue weighted by Crippen LogP contribution is -2.11. The molecule has 0 aliphatic carbocycles. The van der Waals surface area contributed by atoms with Crippen molar-refractivity contribution in [2.24, 2.45) is 5.73 Å². The van der Waals surface area contributed by atoms with E-state index in [1.165, 1.54) is 6.33 Å². The monoisotopic (exact) mass is 301 g/mol. The number of benzene rings is 1. The lowest BCUT2D eigenvalue weighted by atomic mass is 10.1. The first-order valence-electron chi connectivity index (χ1n) is 7.69. The topological polar surface area (TPSA) is 85.8 Å². The highest BCUT2D eigenvalue weighted by Crippen LogP contribution is 2.12. The molecule has 1 aromatic heterocycles. The van der Waals surface area contributed by atoms with Gasteiger partial charge in [0.2, 0.25) is 5.91 Å². The van der Waals surface area contributed by atoms with Crippen LogP contribution in [0.15, 0.2) is 36.9 Å². The number of anilines is 1. The molecule has 0 unspecified atom stereocenters. The highest BCUT2D eigenvalue weighted by Gasteiger charge is 2.03. The molecule has 0 fully saturated rings. The molecule has 1 heterocycles. The molecule has 0 saturated carbocycles. The zero-order valence-electron chi connectivity index (χ0n) is 12.7. The van der Waals surface area contributed by atoms with Crippen LogP contribution in [0, 0.1) is 0 Å². The van der Waals surface area contributed by atoms with E-state index in [2.05, 4.69) is 15.4 Å². The van der Waals surface area contributed by atoms with Crippen molar-refractivity contribution in [3.05, 3.63) is 42.5 Å². The number of nitrogens with zero attached hydrogens (tertiary/aromatic N) is 3. The predicted molar refractivity (Wildman–Crippen MR) is 86.3 cm³/mol. The number of aromatic nitrogens is 3. The van der Waals surface area contributed by atoms with E-state index in [0.717, 1.165) is 43.5 Å². The molecule has 0 bridgehead atoms. The van der Waals surface area contributed by atoms with Gasteiger partial charge in [0.15, 0.2) is 0 Å². The molecule has 0 aliphatic rings. The summed E-state index contributed by atoms with van der Waals surface area (Å²) in [6.07, 6.45) is 7.86. The Morgan fingerprint density at radius 3 is 2.59 bits per heavy atom. The largest absolute Gasteiger partial charge is 0.330 e. The number of nitrogens with one attached hydrogen (secondary N) is 1. The fourth-order valence-electron chi connectivity index (χ4n) is 2.20. The Balaban J connectivity index is 1.72. The molecular weight excluding hydrogens is 278 g/mol. The number of hydrogen-bond acceptors (Lipinski definition) is 4. The van der Waals surface area contributed by atoms with E-state index in [0.29, 0.717) is 13.0 Å². The van der Waals surface area contributed by atoms with Crippen LogP contribution in [0.3, 0.4) is 0 Å². The van der Waals surface area contributed by atoms with Crippen molar-refractivity contribution in [1.82, 2.24) is 14.8 Å². The molecule has 0 aliphatic heterocycles. The maximum atomic E-state index is 11.8. The molecule has 0 saturated heterocycles. The maximum absolute atomic E-state index is 11.8.